The lowest BCUT2D eigenvalue weighted by Gasteiger charge is -2.08. The molecule has 0 atom stereocenters. The average Bonchev–Trinajstić information content (AvgIpc) is 3.07. The second-order valence-corrected chi connectivity index (χ2v) is 7.30. The summed E-state index contributed by atoms with van der Waals surface area (Å²) in [5, 5.41) is 5.85. The molecule has 0 aliphatic heterocycles. The van der Waals surface area contributed by atoms with E-state index >= 15 is 0 Å². The van der Waals surface area contributed by atoms with E-state index in [9.17, 15) is 14.0 Å². The van der Waals surface area contributed by atoms with Gasteiger partial charge in [-0.15, -0.1) is 0 Å². The van der Waals surface area contributed by atoms with E-state index in [1.807, 2.05) is 31.2 Å². The number of carbonyl (C=O) groups is 1. The molecule has 9 heteroatoms. The third kappa shape index (κ3) is 4.35. The van der Waals surface area contributed by atoms with Crippen molar-refractivity contribution in [3.8, 4) is 11.4 Å². The molecule has 0 bridgehead atoms. The number of carbonyl (C=O) groups excluding carboxylic acids is 1. The Bertz CT molecular complexity index is 1250. The number of hydrogen-bond donors (Lipinski definition) is 2. The second kappa shape index (κ2) is 7.88. The van der Waals surface area contributed by atoms with E-state index in [2.05, 4.69) is 20.4 Å². The Morgan fingerprint density at radius 3 is 2.72 bits per heavy atom. The van der Waals surface area contributed by atoms with E-state index < -0.39 is 0 Å². The number of thioether (sulfide) groups is 1. The Morgan fingerprint density at radius 2 is 1.97 bits per heavy atom. The van der Waals surface area contributed by atoms with Gasteiger partial charge in [-0.1, -0.05) is 23.9 Å². The lowest BCUT2D eigenvalue weighted by molar-refractivity contribution is -0.113. The molecule has 0 aliphatic carbocycles. The highest BCUT2D eigenvalue weighted by Gasteiger charge is 2.13. The molecule has 0 spiro atoms. The van der Waals surface area contributed by atoms with Gasteiger partial charge < -0.3 is 5.32 Å². The van der Waals surface area contributed by atoms with Crippen LogP contribution in [0, 0.1) is 12.7 Å². The molecule has 2 aromatic heterocycles. The average molecular weight is 409 g/mol. The minimum Gasteiger partial charge on any atom is -0.325 e. The zero-order valence-electron chi connectivity index (χ0n) is 15.3. The third-order valence-electron chi connectivity index (χ3n) is 4.06. The van der Waals surface area contributed by atoms with Crippen LogP contribution in [0.3, 0.4) is 0 Å². The molecule has 1 amide bonds. The first kappa shape index (κ1) is 18.9. The van der Waals surface area contributed by atoms with Gasteiger partial charge in [-0.05, 0) is 48.9 Å². The summed E-state index contributed by atoms with van der Waals surface area (Å²) in [6.45, 7) is 1.95. The number of rotatable bonds is 5. The molecule has 0 fully saturated rings. The van der Waals surface area contributed by atoms with Crippen LogP contribution < -0.4 is 10.9 Å². The summed E-state index contributed by atoms with van der Waals surface area (Å²) >= 11 is 1.16. The number of aromatic amines is 1. The highest BCUT2D eigenvalue weighted by Crippen LogP contribution is 2.22. The predicted molar refractivity (Wildman–Crippen MR) is 110 cm³/mol. The predicted octanol–water partition coefficient (Wildman–Crippen LogP) is 3.26. The number of fused-ring (bicyclic) bond motifs is 1. The van der Waals surface area contributed by atoms with Gasteiger partial charge in [0.25, 0.3) is 5.56 Å². The molecule has 146 valence electrons. The third-order valence-corrected chi connectivity index (χ3v) is 5.00. The molecular weight excluding hydrogens is 393 g/mol. The molecule has 29 heavy (non-hydrogen) atoms. The van der Waals surface area contributed by atoms with Gasteiger partial charge >= 0.3 is 0 Å². The van der Waals surface area contributed by atoms with Crippen molar-refractivity contribution >= 4 is 29.0 Å². The monoisotopic (exact) mass is 409 g/mol. The van der Waals surface area contributed by atoms with Gasteiger partial charge in [0.05, 0.1) is 5.75 Å². The van der Waals surface area contributed by atoms with E-state index in [0.717, 1.165) is 17.3 Å². The van der Waals surface area contributed by atoms with Crippen molar-refractivity contribution < 1.29 is 9.18 Å². The summed E-state index contributed by atoms with van der Waals surface area (Å²) < 4.78 is 14.6. The highest BCUT2D eigenvalue weighted by molar-refractivity contribution is 7.99. The second-order valence-electron chi connectivity index (χ2n) is 6.36. The van der Waals surface area contributed by atoms with Crippen molar-refractivity contribution in [1.82, 2.24) is 19.6 Å². The highest BCUT2D eigenvalue weighted by atomic mass is 32.2. The SMILES string of the molecule is Cc1cccc(NC(=O)CSc2nc(-c3ccc(F)cc3)nc3cc(=O)[nH]n23)c1. The molecule has 0 saturated heterocycles. The molecule has 0 saturated carbocycles. The molecule has 4 rings (SSSR count). The van der Waals surface area contributed by atoms with Crippen molar-refractivity contribution in [1.29, 1.82) is 0 Å². The Kier molecular flexibility index (Phi) is 5.13. The number of aromatic nitrogens is 4. The first-order chi connectivity index (χ1) is 14.0. The van der Waals surface area contributed by atoms with Crippen LogP contribution in [0.25, 0.3) is 17.0 Å². The standard InChI is InChI=1S/C20H16FN5O2S/c1-12-3-2-4-15(9-12)22-18(28)11-29-20-24-19(13-5-7-14(21)8-6-13)23-16-10-17(27)25-26(16)20/h2-10H,11H2,1H3,(H,22,28)(H,25,27). The number of aryl methyl sites for hydroxylation is 1. The lowest BCUT2D eigenvalue weighted by Crippen LogP contribution is -2.15. The van der Waals surface area contributed by atoms with E-state index in [-0.39, 0.29) is 23.0 Å². The summed E-state index contributed by atoms with van der Waals surface area (Å²) in [5.74, 6) is -0.144. The van der Waals surface area contributed by atoms with Gasteiger partial charge in [0.1, 0.15) is 5.82 Å². The lowest BCUT2D eigenvalue weighted by atomic mass is 10.2. The van der Waals surface area contributed by atoms with Crippen LogP contribution in [0.4, 0.5) is 10.1 Å². The van der Waals surface area contributed by atoms with Crippen molar-refractivity contribution in [3.63, 3.8) is 0 Å². The minimum absolute atomic E-state index is 0.0864. The summed E-state index contributed by atoms with van der Waals surface area (Å²) in [6.07, 6.45) is 0. The summed E-state index contributed by atoms with van der Waals surface area (Å²) in [7, 11) is 0. The molecule has 0 radical (unpaired) electrons. The van der Waals surface area contributed by atoms with Crippen LogP contribution in [0.1, 0.15) is 5.56 Å². The van der Waals surface area contributed by atoms with Crippen LogP contribution >= 0.6 is 11.8 Å². The normalized spacial score (nSPS) is 11.0. The van der Waals surface area contributed by atoms with Gasteiger partial charge in [0.15, 0.2) is 16.6 Å². The number of amides is 1. The largest absolute Gasteiger partial charge is 0.325 e. The number of halogens is 1. The first-order valence-corrected chi connectivity index (χ1v) is 9.71. The topological polar surface area (TPSA) is 92.2 Å². The van der Waals surface area contributed by atoms with Crippen LogP contribution in [-0.4, -0.2) is 31.2 Å². The number of nitrogens with one attached hydrogen (secondary N) is 2. The molecule has 2 aromatic carbocycles. The maximum atomic E-state index is 13.2. The maximum Gasteiger partial charge on any atom is 0.266 e. The maximum absolute atomic E-state index is 13.2. The smallest absolute Gasteiger partial charge is 0.266 e. The van der Waals surface area contributed by atoms with E-state index in [1.54, 1.807) is 12.1 Å². The number of H-pyrrole nitrogens is 1. The Morgan fingerprint density at radius 1 is 1.17 bits per heavy atom. The number of hydrogen-bond acceptors (Lipinski definition) is 5. The zero-order valence-corrected chi connectivity index (χ0v) is 16.2. The fourth-order valence-corrected chi connectivity index (χ4v) is 3.51. The summed E-state index contributed by atoms with van der Waals surface area (Å²) in [5.41, 5.74) is 2.40. The molecule has 2 N–H and O–H groups in total. The van der Waals surface area contributed by atoms with Gasteiger partial charge in [-0.2, -0.15) is 0 Å². The van der Waals surface area contributed by atoms with Gasteiger partial charge in [-0.3, -0.25) is 14.7 Å². The van der Waals surface area contributed by atoms with Crippen LogP contribution in [0.2, 0.25) is 0 Å². The fourth-order valence-electron chi connectivity index (χ4n) is 2.76. The Hall–Kier alpha value is -3.46. The summed E-state index contributed by atoms with van der Waals surface area (Å²) in [4.78, 5) is 32.9. The van der Waals surface area contributed by atoms with E-state index in [4.69, 9.17) is 0 Å². The molecule has 0 unspecified atom stereocenters. The molecule has 0 aliphatic rings. The van der Waals surface area contributed by atoms with Gasteiger partial charge in [0.2, 0.25) is 5.91 Å². The van der Waals surface area contributed by atoms with E-state index in [1.165, 1.54) is 22.7 Å². The van der Waals surface area contributed by atoms with Crippen LogP contribution in [0.15, 0.2) is 64.5 Å². The molecular formula is C20H16FN5O2S. The van der Waals surface area contributed by atoms with Crippen LogP contribution in [-0.2, 0) is 4.79 Å². The van der Waals surface area contributed by atoms with Crippen molar-refractivity contribution in [2.24, 2.45) is 0 Å². The quantitative estimate of drug-likeness (QED) is 0.494. The number of anilines is 1. The number of nitrogens with zero attached hydrogens (tertiary/aromatic N) is 3. The molecule has 2 heterocycles. The van der Waals surface area contributed by atoms with E-state index in [0.29, 0.717) is 27.9 Å². The Labute approximate surface area is 169 Å². The van der Waals surface area contributed by atoms with Crippen molar-refractivity contribution in [3.05, 3.63) is 76.3 Å². The van der Waals surface area contributed by atoms with Gasteiger partial charge in [0, 0.05) is 17.3 Å². The molecule has 7 nitrogen and oxygen atoms in total. The number of benzene rings is 2. The zero-order chi connectivity index (χ0) is 20.4. The minimum atomic E-state index is -0.366. The van der Waals surface area contributed by atoms with Crippen LogP contribution in [0.5, 0.6) is 0 Å². The van der Waals surface area contributed by atoms with Gasteiger partial charge in [-0.25, -0.2) is 18.9 Å². The molecule has 4 aromatic rings. The summed E-state index contributed by atoms with van der Waals surface area (Å²) in [6, 6.07) is 14.6. The van der Waals surface area contributed by atoms with Crippen molar-refractivity contribution in [2.45, 2.75) is 12.1 Å². The van der Waals surface area contributed by atoms with Crippen molar-refractivity contribution in [2.75, 3.05) is 11.1 Å². The Balaban J connectivity index is 1.59. The fraction of sp³-hybridized carbons (Fsp3) is 0.100. The first-order valence-electron chi connectivity index (χ1n) is 8.73.